The molecule has 2 aromatic rings. The minimum Gasteiger partial charge on any atom is -0.346 e. The van der Waals surface area contributed by atoms with Crippen LogP contribution in [0.15, 0.2) is 33.1 Å². The highest BCUT2D eigenvalue weighted by Crippen LogP contribution is 2.08. The summed E-state index contributed by atoms with van der Waals surface area (Å²) >= 11 is 4.27. The lowest BCUT2D eigenvalue weighted by Gasteiger charge is -2.03. The molecule has 7 heteroatoms. The highest BCUT2D eigenvalue weighted by atomic mass is 79.9. The summed E-state index contributed by atoms with van der Waals surface area (Å²) in [6, 6.07) is 3.25. The second-order valence-electron chi connectivity index (χ2n) is 3.22. The van der Waals surface area contributed by atoms with E-state index in [4.69, 9.17) is 0 Å². The number of thiazole rings is 1. The SMILES string of the molecule is O=C(NCc1csc(=O)[nH]1)c1ccnc(Br)c1. The number of amides is 1. The number of aromatic nitrogens is 2. The number of nitrogens with zero attached hydrogens (tertiary/aromatic N) is 1. The zero-order chi connectivity index (χ0) is 12.3. The molecule has 0 spiro atoms. The van der Waals surface area contributed by atoms with Crippen LogP contribution in [0.1, 0.15) is 16.1 Å². The van der Waals surface area contributed by atoms with Gasteiger partial charge >= 0.3 is 4.87 Å². The first-order valence-corrected chi connectivity index (χ1v) is 6.39. The molecule has 17 heavy (non-hydrogen) atoms. The van der Waals surface area contributed by atoms with Crippen molar-refractivity contribution in [3.63, 3.8) is 0 Å². The Morgan fingerprint density at radius 2 is 2.41 bits per heavy atom. The van der Waals surface area contributed by atoms with E-state index >= 15 is 0 Å². The van der Waals surface area contributed by atoms with Gasteiger partial charge in [-0.3, -0.25) is 9.59 Å². The van der Waals surface area contributed by atoms with Crippen LogP contribution in [0.25, 0.3) is 0 Å². The third kappa shape index (κ3) is 3.24. The molecular formula is C10H8BrN3O2S. The largest absolute Gasteiger partial charge is 0.346 e. The van der Waals surface area contributed by atoms with Gasteiger partial charge < -0.3 is 10.3 Å². The molecule has 0 aromatic carbocycles. The lowest BCUT2D eigenvalue weighted by Crippen LogP contribution is -2.23. The van der Waals surface area contributed by atoms with Gasteiger partial charge in [0.05, 0.1) is 6.54 Å². The summed E-state index contributed by atoms with van der Waals surface area (Å²) in [4.78, 5) is 29.0. The van der Waals surface area contributed by atoms with Gasteiger partial charge in [0.1, 0.15) is 4.60 Å². The summed E-state index contributed by atoms with van der Waals surface area (Å²) in [6.07, 6.45) is 1.55. The van der Waals surface area contributed by atoms with Crippen LogP contribution in [-0.2, 0) is 6.54 Å². The summed E-state index contributed by atoms with van der Waals surface area (Å²) in [5.74, 6) is -0.208. The van der Waals surface area contributed by atoms with Crippen LogP contribution in [0.4, 0.5) is 0 Å². The van der Waals surface area contributed by atoms with Crippen molar-refractivity contribution < 1.29 is 4.79 Å². The molecule has 0 saturated heterocycles. The Balaban J connectivity index is 2.00. The topological polar surface area (TPSA) is 74.8 Å². The fourth-order valence-corrected chi connectivity index (χ4v) is 2.17. The number of hydrogen-bond donors (Lipinski definition) is 2. The fraction of sp³-hybridized carbons (Fsp3) is 0.100. The first-order chi connectivity index (χ1) is 8.15. The molecule has 2 heterocycles. The monoisotopic (exact) mass is 313 g/mol. The number of carbonyl (C=O) groups is 1. The zero-order valence-corrected chi connectivity index (χ0v) is 11.0. The summed E-state index contributed by atoms with van der Waals surface area (Å²) in [5, 5.41) is 4.39. The highest BCUT2D eigenvalue weighted by Gasteiger charge is 2.06. The fourth-order valence-electron chi connectivity index (χ4n) is 1.22. The van der Waals surface area contributed by atoms with Crippen molar-refractivity contribution in [2.75, 3.05) is 0 Å². The Bertz CT molecular complexity index is 593. The maximum Gasteiger partial charge on any atom is 0.304 e. The average Bonchev–Trinajstić information content (AvgIpc) is 2.72. The molecule has 1 amide bonds. The molecule has 2 rings (SSSR count). The molecule has 0 aliphatic carbocycles. The molecule has 2 aromatic heterocycles. The van der Waals surface area contributed by atoms with E-state index in [9.17, 15) is 9.59 Å². The number of carbonyl (C=O) groups excluding carboxylic acids is 1. The number of nitrogens with one attached hydrogen (secondary N) is 2. The smallest absolute Gasteiger partial charge is 0.304 e. The summed E-state index contributed by atoms with van der Waals surface area (Å²) < 4.78 is 0.606. The first-order valence-electron chi connectivity index (χ1n) is 4.71. The van der Waals surface area contributed by atoms with Crippen molar-refractivity contribution in [1.29, 1.82) is 0 Å². The van der Waals surface area contributed by atoms with E-state index < -0.39 is 0 Å². The molecule has 0 aliphatic heterocycles. The third-order valence-corrected chi connectivity index (χ3v) is 3.15. The minimum absolute atomic E-state index is 0.124. The second-order valence-corrected chi connectivity index (χ2v) is 4.88. The molecule has 0 aliphatic rings. The maximum atomic E-state index is 11.7. The molecule has 0 fully saturated rings. The van der Waals surface area contributed by atoms with Crippen LogP contribution in [0.3, 0.4) is 0 Å². The number of rotatable bonds is 3. The number of halogens is 1. The van der Waals surface area contributed by atoms with Crippen molar-refractivity contribution in [3.05, 3.63) is 49.2 Å². The van der Waals surface area contributed by atoms with E-state index in [1.54, 1.807) is 23.7 Å². The van der Waals surface area contributed by atoms with Crippen LogP contribution in [-0.4, -0.2) is 15.9 Å². The molecule has 0 radical (unpaired) electrons. The van der Waals surface area contributed by atoms with E-state index in [1.165, 1.54) is 0 Å². The van der Waals surface area contributed by atoms with Gasteiger partial charge in [-0.2, -0.15) is 0 Å². The average molecular weight is 314 g/mol. The summed E-state index contributed by atoms with van der Waals surface area (Å²) in [7, 11) is 0. The van der Waals surface area contributed by atoms with Gasteiger partial charge in [-0.25, -0.2) is 4.98 Å². The Morgan fingerprint density at radius 3 is 3.06 bits per heavy atom. The Kier molecular flexibility index (Phi) is 3.70. The number of pyridine rings is 1. The van der Waals surface area contributed by atoms with Crippen LogP contribution in [0, 0.1) is 0 Å². The molecule has 0 unspecified atom stereocenters. The van der Waals surface area contributed by atoms with Crippen LogP contribution < -0.4 is 10.2 Å². The molecule has 0 atom stereocenters. The van der Waals surface area contributed by atoms with Gasteiger partial charge in [-0.15, -0.1) is 0 Å². The molecular weight excluding hydrogens is 306 g/mol. The van der Waals surface area contributed by atoms with Gasteiger partial charge in [0.2, 0.25) is 0 Å². The van der Waals surface area contributed by atoms with Gasteiger partial charge in [0, 0.05) is 22.8 Å². The summed E-state index contributed by atoms with van der Waals surface area (Å²) in [5.41, 5.74) is 1.21. The quantitative estimate of drug-likeness (QED) is 0.844. The molecule has 88 valence electrons. The van der Waals surface area contributed by atoms with E-state index in [2.05, 4.69) is 31.2 Å². The van der Waals surface area contributed by atoms with Crippen LogP contribution >= 0.6 is 27.3 Å². The Morgan fingerprint density at radius 1 is 1.59 bits per heavy atom. The third-order valence-electron chi connectivity index (χ3n) is 2.00. The maximum absolute atomic E-state index is 11.7. The van der Waals surface area contributed by atoms with E-state index in [1.807, 2.05) is 0 Å². The van der Waals surface area contributed by atoms with Crippen LogP contribution in [0.2, 0.25) is 0 Å². The predicted octanol–water partition coefficient (Wildman–Crippen LogP) is 1.52. The van der Waals surface area contributed by atoms with Crippen LogP contribution in [0.5, 0.6) is 0 Å². The van der Waals surface area contributed by atoms with E-state index in [0.29, 0.717) is 22.4 Å². The van der Waals surface area contributed by atoms with E-state index in [-0.39, 0.29) is 10.8 Å². The van der Waals surface area contributed by atoms with E-state index in [0.717, 1.165) is 11.3 Å². The highest BCUT2D eigenvalue weighted by molar-refractivity contribution is 9.10. The second kappa shape index (κ2) is 5.24. The van der Waals surface area contributed by atoms with Crippen molar-refractivity contribution in [3.8, 4) is 0 Å². The summed E-state index contributed by atoms with van der Waals surface area (Å²) in [6.45, 7) is 0.303. The molecule has 2 N–H and O–H groups in total. The zero-order valence-electron chi connectivity index (χ0n) is 8.57. The normalized spacial score (nSPS) is 10.2. The number of hydrogen-bond acceptors (Lipinski definition) is 4. The first kappa shape index (κ1) is 12.0. The number of H-pyrrole nitrogens is 1. The Hall–Kier alpha value is -1.47. The van der Waals surface area contributed by atoms with Gasteiger partial charge in [0.25, 0.3) is 5.91 Å². The standard InChI is InChI=1S/C10H8BrN3O2S/c11-8-3-6(1-2-12-8)9(15)13-4-7-5-17-10(16)14-7/h1-3,5H,4H2,(H,13,15)(H,14,16). The molecule has 5 nitrogen and oxygen atoms in total. The number of aromatic amines is 1. The van der Waals surface area contributed by atoms with Crippen molar-refractivity contribution in [2.45, 2.75) is 6.54 Å². The Labute approximate surface area is 109 Å². The van der Waals surface area contributed by atoms with Crippen molar-refractivity contribution in [1.82, 2.24) is 15.3 Å². The van der Waals surface area contributed by atoms with Gasteiger partial charge in [-0.1, -0.05) is 11.3 Å². The lowest BCUT2D eigenvalue weighted by molar-refractivity contribution is 0.0950. The van der Waals surface area contributed by atoms with Crippen molar-refractivity contribution >= 4 is 33.2 Å². The van der Waals surface area contributed by atoms with Gasteiger partial charge in [-0.05, 0) is 28.1 Å². The lowest BCUT2D eigenvalue weighted by atomic mass is 10.2. The molecule has 0 saturated carbocycles. The van der Waals surface area contributed by atoms with Crippen molar-refractivity contribution in [2.24, 2.45) is 0 Å². The minimum atomic E-state index is -0.208. The predicted molar refractivity (Wildman–Crippen MR) is 68.0 cm³/mol. The van der Waals surface area contributed by atoms with Gasteiger partial charge in [0.15, 0.2) is 0 Å². The molecule has 0 bridgehead atoms.